The average molecular weight is 328 g/mol. The molecule has 0 radical (unpaired) electrons. The summed E-state index contributed by atoms with van der Waals surface area (Å²) in [5.41, 5.74) is 1.95. The second-order valence-corrected chi connectivity index (χ2v) is 6.79. The van der Waals surface area contributed by atoms with Crippen molar-refractivity contribution in [1.82, 2.24) is 19.6 Å². The first kappa shape index (κ1) is 15.4. The maximum Gasteiger partial charge on any atom is 0.317 e. The Bertz CT molecular complexity index is 671. The number of nitrogens with one attached hydrogen (secondary N) is 1. The molecule has 2 amide bonds. The fraction of sp³-hybridized carbons (Fsp3) is 0.556. The topological polar surface area (TPSA) is 58.9 Å². The molecule has 24 heavy (non-hydrogen) atoms. The van der Waals surface area contributed by atoms with Gasteiger partial charge in [0.2, 0.25) is 0 Å². The normalized spacial score (nSPS) is 20.4. The molecule has 3 heterocycles. The Morgan fingerprint density at radius 1 is 1.38 bits per heavy atom. The van der Waals surface area contributed by atoms with Gasteiger partial charge in [0.15, 0.2) is 0 Å². The molecule has 2 aromatic rings. The molecule has 2 fully saturated rings. The number of hydrogen-bond acceptors (Lipinski definition) is 3. The molecule has 1 saturated carbocycles. The number of ether oxygens (including phenoxy) is 1. The molecule has 128 valence electrons. The summed E-state index contributed by atoms with van der Waals surface area (Å²) in [4.78, 5) is 19.1. The number of hydrogen-bond donors (Lipinski definition) is 1. The van der Waals surface area contributed by atoms with E-state index >= 15 is 0 Å². The van der Waals surface area contributed by atoms with Crippen molar-refractivity contribution in [3.63, 3.8) is 0 Å². The van der Waals surface area contributed by atoms with Crippen LogP contribution in [0.4, 0.5) is 4.79 Å². The molecule has 1 aliphatic heterocycles. The molecule has 4 rings (SSSR count). The van der Waals surface area contributed by atoms with E-state index in [4.69, 9.17) is 4.74 Å². The minimum Gasteiger partial charge on any atom is -0.381 e. The number of fused-ring (bicyclic) bond motifs is 1. The van der Waals surface area contributed by atoms with Gasteiger partial charge in [-0.3, -0.25) is 0 Å². The molecule has 6 heteroatoms. The fourth-order valence-electron chi connectivity index (χ4n) is 3.30. The summed E-state index contributed by atoms with van der Waals surface area (Å²) in [5, 5.41) is 3.07. The summed E-state index contributed by atoms with van der Waals surface area (Å²) in [7, 11) is 0. The standard InChI is InChI=1S/C18H24N4O2/c23-18(22(16-4-5-16)11-14-7-10-24-13-14)19-8-6-15-12-21-9-2-1-3-17(21)20-15/h1-3,9,12,14,16H,4-8,10-11,13H2,(H,19,23)/t14-/m0/s1. The number of imidazole rings is 1. The van der Waals surface area contributed by atoms with E-state index in [1.54, 1.807) is 0 Å². The van der Waals surface area contributed by atoms with Crippen molar-refractivity contribution < 1.29 is 9.53 Å². The van der Waals surface area contributed by atoms with E-state index in [0.717, 1.165) is 56.8 Å². The van der Waals surface area contributed by atoms with Crippen LogP contribution in [-0.4, -0.2) is 52.7 Å². The van der Waals surface area contributed by atoms with Gasteiger partial charge in [-0.05, 0) is 31.4 Å². The Kier molecular flexibility index (Phi) is 4.38. The monoisotopic (exact) mass is 328 g/mol. The predicted octanol–water partition coefficient (Wildman–Crippen LogP) is 2.09. The van der Waals surface area contributed by atoms with E-state index in [9.17, 15) is 4.79 Å². The van der Waals surface area contributed by atoms with Crippen LogP contribution in [0.1, 0.15) is 25.0 Å². The van der Waals surface area contributed by atoms with Crippen molar-refractivity contribution in [3.8, 4) is 0 Å². The zero-order valence-electron chi connectivity index (χ0n) is 13.9. The van der Waals surface area contributed by atoms with Gasteiger partial charge >= 0.3 is 6.03 Å². The van der Waals surface area contributed by atoms with Crippen LogP contribution in [0.3, 0.4) is 0 Å². The molecule has 1 atom stereocenters. The number of aromatic nitrogens is 2. The summed E-state index contributed by atoms with van der Waals surface area (Å²) >= 11 is 0. The summed E-state index contributed by atoms with van der Waals surface area (Å²) in [6.07, 6.45) is 8.09. The Morgan fingerprint density at radius 2 is 2.29 bits per heavy atom. The van der Waals surface area contributed by atoms with E-state index in [0.29, 0.717) is 18.5 Å². The Balaban J connectivity index is 1.29. The molecular formula is C18H24N4O2. The van der Waals surface area contributed by atoms with Crippen LogP contribution in [0, 0.1) is 5.92 Å². The van der Waals surface area contributed by atoms with Crippen LogP contribution in [0.2, 0.25) is 0 Å². The van der Waals surface area contributed by atoms with Crippen molar-refractivity contribution in [2.45, 2.75) is 31.7 Å². The first-order chi connectivity index (χ1) is 11.8. The Labute approximate surface area is 141 Å². The highest BCUT2D eigenvalue weighted by Gasteiger charge is 2.34. The van der Waals surface area contributed by atoms with E-state index in [1.807, 2.05) is 39.9 Å². The van der Waals surface area contributed by atoms with Crippen LogP contribution < -0.4 is 5.32 Å². The van der Waals surface area contributed by atoms with Gasteiger partial charge in [-0.2, -0.15) is 0 Å². The molecule has 2 aromatic heterocycles. The maximum absolute atomic E-state index is 12.5. The molecule has 1 saturated heterocycles. The largest absolute Gasteiger partial charge is 0.381 e. The second kappa shape index (κ2) is 6.81. The third-order valence-electron chi connectivity index (χ3n) is 4.80. The van der Waals surface area contributed by atoms with Crippen LogP contribution in [0.15, 0.2) is 30.6 Å². The summed E-state index contributed by atoms with van der Waals surface area (Å²) < 4.78 is 7.44. The molecule has 6 nitrogen and oxygen atoms in total. The molecule has 0 aromatic carbocycles. The molecule has 1 aliphatic carbocycles. The van der Waals surface area contributed by atoms with Gasteiger partial charge in [0, 0.05) is 50.5 Å². The smallest absolute Gasteiger partial charge is 0.317 e. The molecule has 0 spiro atoms. The first-order valence-electron chi connectivity index (χ1n) is 8.84. The van der Waals surface area contributed by atoms with E-state index in [2.05, 4.69) is 10.3 Å². The van der Waals surface area contributed by atoms with Crippen molar-refractivity contribution in [1.29, 1.82) is 0 Å². The highest BCUT2D eigenvalue weighted by Crippen LogP contribution is 2.28. The zero-order valence-corrected chi connectivity index (χ0v) is 13.9. The Morgan fingerprint density at radius 3 is 3.04 bits per heavy atom. The average Bonchev–Trinajstić information content (AvgIpc) is 3.13. The number of urea groups is 1. The number of amides is 2. The predicted molar refractivity (Wildman–Crippen MR) is 90.9 cm³/mol. The third kappa shape index (κ3) is 3.53. The van der Waals surface area contributed by atoms with Crippen molar-refractivity contribution in [2.24, 2.45) is 5.92 Å². The van der Waals surface area contributed by atoms with E-state index in [-0.39, 0.29) is 6.03 Å². The molecule has 0 unspecified atom stereocenters. The van der Waals surface area contributed by atoms with E-state index < -0.39 is 0 Å². The number of pyridine rings is 1. The van der Waals surface area contributed by atoms with Gasteiger partial charge < -0.3 is 19.4 Å². The Hall–Kier alpha value is -2.08. The minimum absolute atomic E-state index is 0.0631. The highest BCUT2D eigenvalue weighted by atomic mass is 16.5. The highest BCUT2D eigenvalue weighted by molar-refractivity contribution is 5.75. The van der Waals surface area contributed by atoms with Crippen LogP contribution >= 0.6 is 0 Å². The van der Waals surface area contributed by atoms with Crippen molar-refractivity contribution >= 4 is 11.7 Å². The lowest BCUT2D eigenvalue weighted by Gasteiger charge is -2.25. The third-order valence-corrected chi connectivity index (χ3v) is 4.80. The maximum atomic E-state index is 12.5. The van der Waals surface area contributed by atoms with Gasteiger partial charge in [0.25, 0.3) is 0 Å². The first-order valence-corrected chi connectivity index (χ1v) is 8.84. The lowest BCUT2D eigenvalue weighted by atomic mass is 10.1. The van der Waals surface area contributed by atoms with Gasteiger partial charge in [-0.1, -0.05) is 6.07 Å². The van der Waals surface area contributed by atoms with Gasteiger partial charge in [0.05, 0.1) is 12.3 Å². The van der Waals surface area contributed by atoms with Gasteiger partial charge in [-0.25, -0.2) is 9.78 Å². The van der Waals surface area contributed by atoms with Gasteiger partial charge in [-0.15, -0.1) is 0 Å². The van der Waals surface area contributed by atoms with Crippen molar-refractivity contribution in [2.75, 3.05) is 26.3 Å². The quantitative estimate of drug-likeness (QED) is 0.883. The second-order valence-electron chi connectivity index (χ2n) is 6.79. The van der Waals surface area contributed by atoms with Crippen molar-refractivity contribution in [3.05, 3.63) is 36.3 Å². The van der Waals surface area contributed by atoms with Crippen LogP contribution in [0.5, 0.6) is 0 Å². The molecule has 2 aliphatic rings. The van der Waals surface area contributed by atoms with Crippen LogP contribution in [-0.2, 0) is 11.2 Å². The summed E-state index contributed by atoms with van der Waals surface area (Å²) in [6.45, 7) is 3.06. The summed E-state index contributed by atoms with van der Waals surface area (Å²) in [6, 6.07) is 6.45. The minimum atomic E-state index is 0.0631. The number of rotatable bonds is 6. The fourth-order valence-corrected chi connectivity index (χ4v) is 3.30. The lowest BCUT2D eigenvalue weighted by Crippen LogP contribution is -2.44. The lowest BCUT2D eigenvalue weighted by molar-refractivity contribution is 0.162. The SMILES string of the molecule is O=C(NCCc1cn2ccccc2n1)N(C[C@@H]1CCOC1)C1CC1. The molecule has 1 N–H and O–H groups in total. The number of carbonyl (C=O) groups excluding carboxylic acids is 1. The summed E-state index contributed by atoms with van der Waals surface area (Å²) in [5.74, 6) is 0.495. The number of nitrogens with zero attached hydrogens (tertiary/aromatic N) is 3. The van der Waals surface area contributed by atoms with E-state index in [1.165, 1.54) is 0 Å². The molecule has 0 bridgehead atoms. The zero-order chi connectivity index (χ0) is 16.4. The van der Waals surface area contributed by atoms with Gasteiger partial charge in [0.1, 0.15) is 5.65 Å². The number of carbonyl (C=O) groups is 1. The van der Waals surface area contributed by atoms with Crippen LogP contribution in [0.25, 0.3) is 5.65 Å². The molecular weight excluding hydrogens is 304 g/mol.